The molecule has 0 aliphatic heterocycles. The van der Waals surface area contributed by atoms with Crippen molar-refractivity contribution in [3.05, 3.63) is 69.7 Å². The van der Waals surface area contributed by atoms with Crippen LogP contribution in [0.25, 0.3) is 0 Å². The van der Waals surface area contributed by atoms with Gasteiger partial charge in [-0.05, 0) is 59.1 Å². The fourth-order valence-corrected chi connectivity index (χ4v) is 3.43. The first-order chi connectivity index (χ1) is 8.33. The maximum absolute atomic E-state index is 6.12. The van der Waals surface area contributed by atoms with Gasteiger partial charge in [0.2, 0.25) is 0 Å². The van der Waals surface area contributed by atoms with Gasteiger partial charge in [-0.15, -0.1) is 0 Å². The lowest BCUT2D eigenvalue weighted by Gasteiger charge is -2.08. The Kier molecular flexibility index (Phi) is 1.93. The highest BCUT2D eigenvalue weighted by Crippen LogP contribution is 2.58. The Morgan fingerprint density at radius 3 is 2.53 bits per heavy atom. The van der Waals surface area contributed by atoms with Gasteiger partial charge in [0.1, 0.15) is 0 Å². The van der Waals surface area contributed by atoms with E-state index in [4.69, 9.17) is 11.6 Å². The summed E-state index contributed by atoms with van der Waals surface area (Å²) in [6, 6.07) is 15.3. The van der Waals surface area contributed by atoms with E-state index < -0.39 is 0 Å². The average Bonchev–Trinajstić information content (AvgIpc) is 3.09. The summed E-state index contributed by atoms with van der Waals surface area (Å²) in [6.07, 6.45) is 2.35. The minimum absolute atomic E-state index is 0.742. The molecule has 4 rings (SSSR count). The molecule has 0 N–H and O–H groups in total. The van der Waals surface area contributed by atoms with E-state index in [0.29, 0.717) is 0 Å². The van der Waals surface area contributed by atoms with Crippen molar-refractivity contribution in [2.75, 3.05) is 0 Å². The van der Waals surface area contributed by atoms with Crippen LogP contribution in [0.15, 0.2) is 42.5 Å². The predicted octanol–water partition coefficient (Wildman–Crippen LogP) is 4.52. The highest BCUT2D eigenvalue weighted by Gasteiger charge is 2.43. The van der Waals surface area contributed by atoms with Gasteiger partial charge in [-0.2, -0.15) is 0 Å². The van der Waals surface area contributed by atoms with Crippen LogP contribution in [0.2, 0.25) is 5.02 Å². The van der Waals surface area contributed by atoms with Crippen molar-refractivity contribution in [3.63, 3.8) is 0 Å². The van der Waals surface area contributed by atoms with Crippen LogP contribution in [0.3, 0.4) is 0 Å². The Balaban J connectivity index is 1.93. The van der Waals surface area contributed by atoms with E-state index in [1.54, 1.807) is 5.56 Å². The molecule has 1 fully saturated rings. The lowest BCUT2D eigenvalue weighted by Crippen LogP contribution is -1.93. The van der Waals surface area contributed by atoms with Crippen molar-refractivity contribution in [3.8, 4) is 0 Å². The minimum atomic E-state index is 0.742. The van der Waals surface area contributed by atoms with E-state index in [0.717, 1.165) is 23.3 Å². The van der Waals surface area contributed by atoms with Gasteiger partial charge >= 0.3 is 0 Å². The van der Waals surface area contributed by atoms with Gasteiger partial charge in [-0.1, -0.05) is 41.9 Å². The summed E-state index contributed by atoms with van der Waals surface area (Å²) < 4.78 is 0. The van der Waals surface area contributed by atoms with E-state index in [1.807, 2.05) is 6.07 Å². The molecule has 2 aromatic carbocycles. The van der Waals surface area contributed by atoms with Gasteiger partial charge < -0.3 is 0 Å². The fourth-order valence-electron chi connectivity index (χ4n) is 3.23. The Morgan fingerprint density at radius 2 is 1.65 bits per heavy atom. The largest absolute Gasteiger partial charge is 0.0843 e. The van der Waals surface area contributed by atoms with Crippen LogP contribution in [0, 0.1) is 0 Å². The Labute approximate surface area is 106 Å². The van der Waals surface area contributed by atoms with Gasteiger partial charge in [0, 0.05) is 5.02 Å². The van der Waals surface area contributed by atoms with Crippen LogP contribution in [-0.2, 0) is 6.42 Å². The Morgan fingerprint density at radius 1 is 0.882 bits per heavy atom. The number of rotatable bonds is 0. The molecular formula is C16H13Cl. The summed E-state index contributed by atoms with van der Waals surface area (Å²) in [5.41, 5.74) is 6.00. The lowest BCUT2D eigenvalue weighted by atomic mass is 9.98. The monoisotopic (exact) mass is 240 g/mol. The highest BCUT2D eigenvalue weighted by atomic mass is 35.5. The standard InChI is InChI=1S/C16H13Cl/c17-12-5-6-14-11(8-12)7-10-3-1-2-4-13(10)15-9-16(14)15/h1-6,8,15-16H,7,9H2. The molecule has 1 heteroatoms. The molecule has 84 valence electrons. The molecule has 2 unspecified atom stereocenters. The van der Waals surface area contributed by atoms with Crippen molar-refractivity contribution in [1.82, 2.24) is 0 Å². The molecule has 17 heavy (non-hydrogen) atoms. The maximum atomic E-state index is 6.12. The van der Waals surface area contributed by atoms with E-state index >= 15 is 0 Å². The molecule has 0 saturated heterocycles. The molecule has 2 aromatic rings. The SMILES string of the molecule is Clc1ccc2c(c1)Cc1ccccc1C1CC21. The lowest BCUT2D eigenvalue weighted by molar-refractivity contribution is 1.03. The Hall–Kier alpha value is -1.27. The molecule has 1 saturated carbocycles. The molecule has 0 bridgehead atoms. The number of hydrogen-bond acceptors (Lipinski definition) is 0. The molecule has 0 heterocycles. The smallest absolute Gasteiger partial charge is 0.0409 e. The molecular weight excluding hydrogens is 228 g/mol. The van der Waals surface area contributed by atoms with Gasteiger partial charge in [0.15, 0.2) is 0 Å². The van der Waals surface area contributed by atoms with Crippen LogP contribution >= 0.6 is 11.6 Å². The van der Waals surface area contributed by atoms with E-state index in [-0.39, 0.29) is 0 Å². The van der Waals surface area contributed by atoms with Gasteiger partial charge in [-0.3, -0.25) is 0 Å². The third kappa shape index (κ3) is 1.44. The highest BCUT2D eigenvalue weighted by molar-refractivity contribution is 6.30. The minimum Gasteiger partial charge on any atom is -0.0843 e. The maximum Gasteiger partial charge on any atom is 0.0409 e. The fraction of sp³-hybridized carbons (Fsp3) is 0.250. The zero-order valence-corrected chi connectivity index (χ0v) is 10.2. The topological polar surface area (TPSA) is 0 Å². The summed E-state index contributed by atoms with van der Waals surface area (Å²) in [7, 11) is 0. The molecule has 0 aromatic heterocycles. The molecule has 2 aliphatic rings. The van der Waals surface area contributed by atoms with Crippen molar-refractivity contribution in [2.45, 2.75) is 24.7 Å². The normalized spacial score (nSPS) is 24.3. The van der Waals surface area contributed by atoms with E-state index in [1.165, 1.54) is 23.1 Å². The molecule has 0 nitrogen and oxygen atoms in total. The third-order valence-corrected chi connectivity index (χ3v) is 4.37. The third-order valence-electron chi connectivity index (χ3n) is 4.13. The molecule has 2 aliphatic carbocycles. The van der Waals surface area contributed by atoms with Crippen molar-refractivity contribution in [1.29, 1.82) is 0 Å². The molecule has 2 atom stereocenters. The summed E-state index contributed by atoms with van der Waals surface area (Å²) in [6.45, 7) is 0. The van der Waals surface area contributed by atoms with E-state index in [9.17, 15) is 0 Å². The second-order valence-electron chi connectivity index (χ2n) is 5.17. The second kappa shape index (κ2) is 3.36. The first-order valence-electron chi connectivity index (χ1n) is 6.19. The zero-order valence-electron chi connectivity index (χ0n) is 9.49. The van der Waals surface area contributed by atoms with E-state index in [2.05, 4.69) is 36.4 Å². The van der Waals surface area contributed by atoms with Crippen molar-refractivity contribution < 1.29 is 0 Å². The average molecular weight is 241 g/mol. The number of benzene rings is 2. The van der Waals surface area contributed by atoms with Crippen LogP contribution in [0.5, 0.6) is 0 Å². The van der Waals surface area contributed by atoms with Crippen LogP contribution in [0.4, 0.5) is 0 Å². The summed E-state index contributed by atoms with van der Waals surface area (Å²) in [5, 5.41) is 0.861. The van der Waals surface area contributed by atoms with Crippen LogP contribution < -0.4 is 0 Å². The van der Waals surface area contributed by atoms with Gasteiger partial charge in [0.25, 0.3) is 0 Å². The Bertz CT molecular complexity index is 600. The molecule has 0 amide bonds. The van der Waals surface area contributed by atoms with Gasteiger partial charge in [-0.25, -0.2) is 0 Å². The predicted molar refractivity (Wildman–Crippen MR) is 70.8 cm³/mol. The van der Waals surface area contributed by atoms with Gasteiger partial charge in [0.05, 0.1) is 0 Å². The quantitative estimate of drug-likeness (QED) is 0.635. The van der Waals surface area contributed by atoms with Crippen molar-refractivity contribution in [2.24, 2.45) is 0 Å². The number of halogens is 1. The molecule has 0 spiro atoms. The summed E-state index contributed by atoms with van der Waals surface area (Å²) in [5.74, 6) is 1.50. The van der Waals surface area contributed by atoms with Crippen LogP contribution in [-0.4, -0.2) is 0 Å². The number of fused-ring (bicyclic) bond motifs is 5. The first kappa shape index (κ1) is 9.73. The first-order valence-corrected chi connectivity index (χ1v) is 6.57. The second-order valence-corrected chi connectivity index (χ2v) is 5.60. The number of hydrogen-bond donors (Lipinski definition) is 0. The summed E-state index contributed by atoms with van der Waals surface area (Å²) >= 11 is 6.12. The summed E-state index contributed by atoms with van der Waals surface area (Å²) in [4.78, 5) is 0. The van der Waals surface area contributed by atoms with Crippen molar-refractivity contribution >= 4 is 11.6 Å². The zero-order chi connectivity index (χ0) is 11.4. The van der Waals surface area contributed by atoms with Crippen LogP contribution in [0.1, 0.15) is 40.5 Å². The molecule has 0 radical (unpaired) electrons.